The Bertz CT molecular complexity index is 758. The maximum Gasteiger partial charge on any atom is 0.319 e. The molecule has 1 saturated heterocycles. The maximum atomic E-state index is 12.4. The second kappa shape index (κ2) is 7.07. The maximum absolute atomic E-state index is 12.4. The lowest BCUT2D eigenvalue weighted by Crippen LogP contribution is -2.44. The van der Waals surface area contributed by atoms with Crippen molar-refractivity contribution in [3.8, 4) is 11.9 Å². The SMILES string of the molecule is COc1nccc(OC2CCCN(C(=O)c3ccc(=O)[nH]n3)C2)n1. The van der Waals surface area contributed by atoms with E-state index in [0.717, 1.165) is 12.8 Å². The van der Waals surface area contributed by atoms with Crippen LogP contribution < -0.4 is 15.0 Å². The van der Waals surface area contributed by atoms with E-state index in [4.69, 9.17) is 9.47 Å². The summed E-state index contributed by atoms with van der Waals surface area (Å²) >= 11 is 0. The number of amides is 1. The average molecular weight is 331 g/mol. The van der Waals surface area contributed by atoms with Crippen molar-refractivity contribution in [2.24, 2.45) is 0 Å². The molecular formula is C15H17N5O4. The summed E-state index contributed by atoms with van der Waals surface area (Å²) < 4.78 is 10.8. The van der Waals surface area contributed by atoms with Gasteiger partial charge in [0.1, 0.15) is 11.8 Å². The fourth-order valence-electron chi connectivity index (χ4n) is 2.50. The number of H-pyrrole nitrogens is 1. The fraction of sp³-hybridized carbons (Fsp3) is 0.400. The Kier molecular flexibility index (Phi) is 4.69. The number of methoxy groups -OCH3 is 1. The number of ether oxygens (including phenoxy) is 2. The minimum Gasteiger partial charge on any atom is -0.472 e. The first-order valence-electron chi connectivity index (χ1n) is 7.54. The van der Waals surface area contributed by atoms with E-state index in [-0.39, 0.29) is 29.3 Å². The van der Waals surface area contributed by atoms with Crippen LogP contribution in [-0.2, 0) is 0 Å². The van der Waals surface area contributed by atoms with Gasteiger partial charge in [0.05, 0.1) is 13.7 Å². The van der Waals surface area contributed by atoms with Gasteiger partial charge in [0.2, 0.25) is 5.88 Å². The Morgan fingerprint density at radius 3 is 3.00 bits per heavy atom. The van der Waals surface area contributed by atoms with Gasteiger partial charge in [0, 0.05) is 24.9 Å². The van der Waals surface area contributed by atoms with Crippen molar-refractivity contribution in [1.82, 2.24) is 25.1 Å². The summed E-state index contributed by atoms with van der Waals surface area (Å²) in [4.78, 5) is 33.2. The van der Waals surface area contributed by atoms with Gasteiger partial charge in [-0.05, 0) is 18.9 Å². The topological polar surface area (TPSA) is 110 Å². The van der Waals surface area contributed by atoms with Crippen LogP contribution in [0.3, 0.4) is 0 Å². The second-order valence-corrected chi connectivity index (χ2v) is 5.32. The van der Waals surface area contributed by atoms with E-state index in [0.29, 0.717) is 19.0 Å². The average Bonchev–Trinajstić information content (AvgIpc) is 2.62. The van der Waals surface area contributed by atoms with E-state index in [9.17, 15) is 9.59 Å². The van der Waals surface area contributed by atoms with Crippen LogP contribution in [0.2, 0.25) is 0 Å². The summed E-state index contributed by atoms with van der Waals surface area (Å²) in [6, 6.07) is 4.58. The molecule has 2 aromatic heterocycles. The minimum absolute atomic E-state index is 0.176. The highest BCUT2D eigenvalue weighted by molar-refractivity contribution is 5.92. The molecular weight excluding hydrogens is 314 g/mol. The summed E-state index contributed by atoms with van der Waals surface area (Å²) in [7, 11) is 1.48. The first-order valence-corrected chi connectivity index (χ1v) is 7.54. The van der Waals surface area contributed by atoms with Crippen molar-refractivity contribution in [1.29, 1.82) is 0 Å². The van der Waals surface area contributed by atoms with Crippen LogP contribution in [-0.4, -0.2) is 57.3 Å². The first-order chi connectivity index (χ1) is 11.7. The molecule has 24 heavy (non-hydrogen) atoms. The Labute approximate surface area is 137 Å². The van der Waals surface area contributed by atoms with Crippen molar-refractivity contribution in [2.45, 2.75) is 18.9 Å². The van der Waals surface area contributed by atoms with Gasteiger partial charge < -0.3 is 14.4 Å². The molecule has 9 nitrogen and oxygen atoms in total. The second-order valence-electron chi connectivity index (χ2n) is 5.32. The molecule has 0 spiro atoms. The first kappa shape index (κ1) is 15.9. The third-order valence-electron chi connectivity index (χ3n) is 3.64. The zero-order valence-corrected chi connectivity index (χ0v) is 13.1. The van der Waals surface area contributed by atoms with Crippen molar-refractivity contribution in [2.75, 3.05) is 20.2 Å². The molecule has 126 valence electrons. The van der Waals surface area contributed by atoms with Crippen LogP contribution in [0.1, 0.15) is 23.3 Å². The highest BCUT2D eigenvalue weighted by atomic mass is 16.5. The van der Waals surface area contributed by atoms with Crippen LogP contribution in [0.25, 0.3) is 0 Å². The van der Waals surface area contributed by atoms with Gasteiger partial charge in [0.15, 0.2) is 0 Å². The van der Waals surface area contributed by atoms with Crippen LogP contribution in [0.4, 0.5) is 0 Å². The molecule has 1 unspecified atom stereocenters. The number of rotatable bonds is 4. The van der Waals surface area contributed by atoms with E-state index in [1.165, 1.54) is 19.2 Å². The molecule has 1 N–H and O–H groups in total. The fourth-order valence-corrected chi connectivity index (χ4v) is 2.50. The predicted octanol–water partition coefficient (Wildman–Crippen LogP) is 0.252. The third kappa shape index (κ3) is 3.67. The Morgan fingerprint density at radius 1 is 1.38 bits per heavy atom. The molecule has 1 fully saturated rings. The number of carbonyl (C=O) groups excluding carboxylic acids is 1. The standard InChI is InChI=1S/C15H17N5O4/c1-23-15-16-7-6-13(17-15)24-10-3-2-8-20(9-10)14(22)11-4-5-12(21)19-18-11/h4-7,10H,2-3,8-9H2,1H3,(H,19,21). The van der Waals surface area contributed by atoms with Gasteiger partial charge in [-0.25, -0.2) is 10.1 Å². The summed E-state index contributed by atoms with van der Waals surface area (Å²) in [5, 5.41) is 6.05. The normalized spacial score (nSPS) is 17.4. The van der Waals surface area contributed by atoms with Gasteiger partial charge >= 0.3 is 6.01 Å². The van der Waals surface area contributed by atoms with Crippen molar-refractivity contribution in [3.05, 3.63) is 40.4 Å². The molecule has 0 radical (unpaired) electrons. The molecule has 0 saturated carbocycles. The number of nitrogens with zero attached hydrogens (tertiary/aromatic N) is 4. The van der Waals surface area contributed by atoms with Crippen molar-refractivity contribution >= 4 is 5.91 Å². The molecule has 1 amide bonds. The molecule has 1 atom stereocenters. The predicted molar refractivity (Wildman–Crippen MR) is 83.0 cm³/mol. The molecule has 2 aromatic rings. The summed E-state index contributed by atoms with van der Waals surface area (Å²) in [5.74, 6) is 0.170. The van der Waals surface area contributed by atoms with Gasteiger partial charge in [-0.2, -0.15) is 10.1 Å². The van der Waals surface area contributed by atoms with E-state index < -0.39 is 0 Å². The van der Waals surface area contributed by atoms with Gasteiger partial charge in [0.25, 0.3) is 11.5 Å². The summed E-state index contributed by atoms with van der Waals surface area (Å²) in [6.07, 6.45) is 3.00. The van der Waals surface area contributed by atoms with Crippen molar-refractivity contribution in [3.63, 3.8) is 0 Å². The summed E-state index contributed by atoms with van der Waals surface area (Å²) in [5.41, 5.74) is -0.136. The van der Waals surface area contributed by atoms with E-state index in [1.807, 2.05) is 0 Å². The Balaban J connectivity index is 1.66. The van der Waals surface area contributed by atoms with E-state index in [2.05, 4.69) is 20.2 Å². The van der Waals surface area contributed by atoms with Crippen molar-refractivity contribution < 1.29 is 14.3 Å². The number of nitrogens with one attached hydrogen (secondary N) is 1. The molecule has 0 aliphatic carbocycles. The van der Waals surface area contributed by atoms with Gasteiger partial charge in [-0.15, -0.1) is 0 Å². The molecule has 3 heterocycles. The zero-order chi connectivity index (χ0) is 16.9. The Morgan fingerprint density at radius 2 is 2.25 bits per heavy atom. The van der Waals surface area contributed by atoms with Crippen LogP contribution in [0.15, 0.2) is 29.2 Å². The van der Waals surface area contributed by atoms with Gasteiger partial charge in [-0.3, -0.25) is 9.59 Å². The van der Waals surface area contributed by atoms with Crippen LogP contribution in [0.5, 0.6) is 11.9 Å². The number of aromatic nitrogens is 4. The largest absolute Gasteiger partial charge is 0.472 e. The number of hydrogen-bond donors (Lipinski definition) is 1. The zero-order valence-electron chi connectivity index (χ0n) is 13.1. The number of likely N-dealkylation sites (tertiary alicyclic amines) is 1. The van der Waals surface area contributed by atoms with E-state index >= 15 is 0 Å². The number of hydrogen-bond acceptors (Lipinski definition) is 7. The highest BCUT2D eigenvalue weighted by Crippen LogP contribution is 2.18. The lowest BCUT2D eigenvalue weighted by molar-refractivity contribution is 0.0519. The molecule has 0 bridgehead atoms. The monoisotopic (exact) mass is 331 g/mol. The number of carbonyl (C=O) groups is 1. The lowest BCUT2D eigenvalue weighted by Gasteiger charge is -2.32. The Hall–Kier alpha value is -2.97. The molecule has 1 aliphatic rings. The van der Waals surface area contributed by atoms with Crippen LogP contribution in [0, 0.1) is 0 Å². The number of aromatic amines is 1. The lowest BCUT2D eigenvalue weighted by atomic mass is 10.1. The molecule has 3 rings (SSSR count). The third-order valence-corrected chi connectivity index (χ3v) is 3.64. The number of piperidine rings is 1. The molecule has 9 heteroatoms. The smallest absolute Gasteiger partial charge is 0.319 e. The van der Waals surface area contributed by atoms with Crippen LogP contribution >= 0.6 is 0 Å². The quantitative estimate of drug-likeness (QED) is 0.855. The van der Waals surface area contributed by atoms with Gasteiger partial charge in [-0.1, -0.05) is 0 Å². The molecule has 1 aliphatic heterocycles. The summed E-state index contributed by atoms with van der Waals surface area (Å²) in [6.45, 7) is 1.04. The van der Waals surface area contributed by atoms with E-state index in [1.54, 1.807) is 17.2 Å². The molecule has 0 aromatic carbocycles. The minimum atomic E-state index is -0.343. The highest BCUT2D eigenvalue weighted by Gasteiger charge is 2.26.